The first kappa shape index (κ1) is 141. The van der Waals surface area contributed by atoms with E-state index >= 15 is 0 Å². The van der Waals surface area contributed by atoms with Crippen molar-refractivity contribution in [2.24, 2.45) is 109 Å². The number of Topliss-reactive ketones (excluding diaryl/α,β-unsaturated/α-hetero) is 7. The molecule has 0 heterocycles. The normalized spacial score (nSPS) is 21.3. The van der Waals surface area contributed by atoms with E-state index in [2.05, 4.69) is 29.4 Å². The highest BCUT2D eigenvalue weighted by Crippen LogP contribution is 2.44. The van der Waals surface area contributed by atoms with Crippen molar-refractivity contribution in [2.45, 2.75) is 319 Å². The summed E-state index contributed by atoms with van der Waals surface area (Å²) in [6, 6.07) is 7.07. The molecule has 1 aromatic carbocycles. The fourth-order valence-corrected chi connectivity index (χ4v) is 20.5. The zero-order chi connectivity index (χ0) is 116. The second-order valence-electron chi connectivity index (χ2n) is 53.9. The van der Waals surface area contributed by atoms with Crippen molar-refractivity contribution in [3.63, 3.8) is 0 Å². The Balaban J connectivity index is 0.000000875. The van der Waals surface area contributed by atoms with Gasteiger partial charge in [-0.25, -0.2) is 0 Å². The van der Waals surface area contributed by atoms with Crippen LogP contribution < -0.4 is 0 Å². The molecule has 0 bridgehead atoms. The van der Waals surface area contributed by atoms with Crippen molar-refractivity contribution >= 4 is 81.8 Å². The SMILES string of the molecule is CN(C)CCN(C)C(=O)C[C@@H]1CCCC[C@@H]1C(=O)C(C)(C)C.CN(C)CCN(C)C(=O)C[C@H]1CCCC[C@H]1C(=O)C(C)(C)C.CN(C)CCN(C)C(=O)[C@@H]1CCCC[C@@H]1C(=O)C(C)(C)C.CN(C)CCN(C)C(=O)[C@@H]1CCCC[C@@H]1CC(=O)C(C)(C)C.CN(C)CCN(C)C(=O)[C@H]1CCCC[C@H]1C(=O)C(C)(C)C.CN(C)CCN(C)C(=O)[C@H]1CCCC[C@H]1C(=O)C(C)(C)C.CN(C)CCN(C)C(=O)c1ccccc1C(=O)C(C)(C)C. The molecular weight excluding hydrogens is 1890 g/mol. The monoisotopic (exact) mass is 2110 g/mol. The number of hydrogen-bond donors (Lipinski definition) is 0. The van der Waals surface area contributed by atoms with E-state index in [4.69, 9.17) is 0 Å². The molecule has 7 amide bonds. The average Bonchev–Trinajstić information content (AvgIpc) is 0.786. The lowest BCUT2D eigenvalue weighted by Crippen LogP contribution is -2.45. The first-order valence-corrected chi connectivity index (χ1v) is 57.1. The lowest BCUT2D eigenvalue weighted by molar-refractivity contribution is -0.144. The second kappa shape index (κ2) is 66.5. The highest BCUT2D eigenvalue weighted by atomic mass is 16.2. The van der Waals surface area contributed by atoms with Gasteiger partial charge in [0.25, 0.3) is 5.91 Å². The predicted molar refractivity (Wildman–Crippen MR) is 616 cm³/mol. The van der Waals surface area contributed by atoms with Gasteiger partial charge in [0, 0.05) is 257 Å². The van der Waals surface area contributed by atoms with Crippen LogP contribution in [-0.2, 0) is 57.5 Å². The summed E-state index contributed by atoms with van der Waals surface area (Å²) in [6.45, 7) is 52.1. The molecule has 6 saturated carbocycles. The summed E-state index contributed by atoms with van der Waals surface area (Å²) in [5, 5.41) is 0. The Morgan fingerprint density at radius 2 is 0.400 bits per heavy atom. The zero-order valence-electron chi connectivity index (χ0n) is 104. The van der Waals surface area contributed by atoms with E-state index < -0.39 is 5.41 Å². The van der Waals surface area contributed by atoms with Crippen molar-refractivity contribution in [3.8, 4) is 0 Å². The van der Waals surface area contributed by atoms with Gasteiger partial charge in [0.05, 0.1) is 5.56 Å². The fourth-order valence-electron chi connectivity index (χ4n) is 20.5. The Morgan fingerprint density at radius 3 is 0.633 bits per heavy atom. The minimum absolute atomic E-state index is 0.00698. The van der Waals surface area contributed by atoms with Gasteiger partial charge in [-0.05, 0) is 200 Å². The highest BCUT2D eigenvalue weighted by molar-refractivity contribution is 6.10. The molecule has 7 rings (SSSR count). The summed E-state index contributed by atoms with van der Waals surface area (Å²) < 4.78 is 0. The third-order valence-corrected chi connectivity index (χ3v) is 30.8. The molecule has 0 radical (unpaired) electrons. The standard InChI is InChI=1S/3C18H34N2O2.3C17H32N2O2.C17H26N2O2/c2*1-18(2,3)17(22)15-10-8-7-9-14(15)13-16(21)20(6)12-11-19(4)5;1-18(2,3)16(21)13-14-9-7-8-10-15(14)17(22)20(6)12-11-19(4)5;4*1-17(2,3)15(20)13-9-7-8-10-14(13)16(21)19(6)12-11-18(4)5/h3*14-15H,7-13H2,1-6H3;3*13-14H,7-12H2,1-6H3;7-10H,11-12H2,1-6H3/t3*14-,15-;3*13-,14+;/m101110./s1. The number of carbonyl (C=O) groups excluding carboxylic acids is 14. The van der Waals surface area contributed by atoms with Gasteiger partial charge in [-0.3, -0.25) is 67.1 Å². The predicted octanol–water partition coefficient (Wildman–Crippen LogP) is 18.3. The summed E-state index contributed by atoms with van der Waals surface area (Å²) >= 11 is 0. The van der Waals surface area contributed by atoms with E-state index in [1.54, 1.807) is 50.9 Å². The number of likely N-dealkylation sites (N-methyl/N-ethyl adjacent to an activating group) is 14. The van der Waals surface area contributed by atoms with Gasteiger partial charge < -0.3 is 68.6 Å². The van der Waals surface area contributed by atoms with E-state index in [1.807, 2.05) is 306 Å². The van der Waals surface area contributed by atoms with Gasteiger partial charge in [-0.1, -0.05) is 241 Å². The van der Waals surface area contributed by atoms with Gasteiger partial charge in [0.1, 0.15) is 34.7 Å². The number of rotatable bonds is 38. The minimum Gasteiger partial charge on any atom is -0.344 e. The van der Waals surface area contributed by atoms with Crippen LogP contribution in [-0.4, -0.2) is 390 Å². The molecule has 0 N–H and O–H groups in total. The van der Waals surface area contributed by atoms with Crippen molar-refractivity contribution in [2.75, 3.05) is 240 Å². The minimum atomic E-state index is -0.501. The fraction of sp³-hybridized carbons (Fsp3) is 0.836. The Kier molecular flexibility index (Phi) is 62.4. The van der Waals surface area contributed by atoms with Crippen molar-refractivity contribution < 1.29 is 67.1 Å². The molecule has 6 aliphatic carbocycles. The van der Waals surface area contributed by atoms with Crippen LogP contribution >= 0.6 is 0 Å². The van der Waals surface area contributed by atoms with Crippen LogP contribution in [0.5, 0.6) is 0 Å². The largest absolute Gasteiger partial charge is 0.344 e. The maximum absolute atomic E-state index is 12.7. The highest BCUT2D eigenvalue weighted by Gasteiger charge is 2.47. The molecule has 28 heteroatoms. The summed E-state index contributed by atoms with van der Waals surface area (Å²) in [6.07, 6.45) is 25.8. The molecule has 6 aliphatic rings. The first-order chi connectivity index (χ1) is 68.9. The molecule has 1 aromatic rings. The van der Waals surface area contributed by atoms with E-state index in [0.717, 1.165) is 239 Å². The van der Waals surface area contributed by atoms with Crippen molar-refractivity contribution in [3.05, 3.63) is 35.4 Å². The van der Waals surface area contributed by atoms with Crippen molar-refractivity contribution in [1.82, 2.24) is 68.6 Å². The summed E-state index contributed by atoms with van der Waals surface area (Å²) in [5.41, 5.74) is -1.50. The van der Waals surface area contributed by atoms with Crippen LogP contribution in [0.4, 0.5) is 0 Å². The quantitative estimate of drug-likeness (QED) is 0.0556. The molecule has 28 nitrogen and oxygen atoms in total. The Morgan fingerprint density at radius 1 is 0.207 bits per heavy atom. The summed E-state index contributed by atoms with van der Waals surface area (Å²) in [5.74, 6) is 2.90. The van der Waals surface area contributed by atoms with E-state index in [0.29, 0.717) is 48.5 Å². The smallest absolute Gasteiger partial charge is 0.254 e. The van der Waals surface area contributed by atoms with Gasteiger partial charge >= 0.3 is 0 Å². The lowest BCUT2D eigenvalue weighted by atomic mass is 9.69. The van der Waals surface area contributed by atoms with Crippen LogP contribution in [0.2, 0.25) is 0 Å². The number of benzene rings is 1. The molecule has 866 valence electrons. The maximum atomic E-state index is 12.7. The lowest BCUT2D eigenvalue weighted by Gasteiger charge is -2.35. The topological polar surface area (TPSA) is 284 Å². The number of hydrogen-bond acceptors (Lipinski definition) is 21. The Labute approximate surface area is 915 Å². The van der Waals surface area contributed by atoms with Gasteiger partial charge in [0.2, 0.25) is 35.4 Å². The van der Waals surface area contributed by atoms with Crippen LogP contribution in [0.15, 0.2) is 24.3 Å². The molecular formula is C122H224N14O14. The first-order valence-electron chi connectivity index (χ1n) is 57.1. The van der Waals surface area contributed by atoms with E-state index in [9.17, 15) is 67.1 Å². The van der Waals surface area contributed by atoms with Crippen LogP contribution in [0, 0.1) is 109 Å². The van der Waals surface area contributed by atoms with Gasteiger partial charge in [-0.2, -0.15) is 0 Å². The Bertz CT molecular complexity index is 4030. The van der Waals surface area contributed by atoms with Crippen LogP contribution in [0.1, 0.15) is 339 Å². The third-order valence-electron chi connectivity index (χ3n) is 30.8. The maximum Gasteiger partial charge on any atom is 0.254 e. The molecule has 0 spiro atoms. The molecule has 12 atom stereocenters. The summed E-state index contributed by atoms with van der Waals surface area (Å²) in [7, 11) is 41.0. The van der Waals surface area contributed by atoms with Crippen LogP contribution in [0.3, 0.4) is 0 Å². The molecule has 0 aliphatic heterocycles. The molecule has 0 aromatic heterocycles. The number of nitrogens with zero attached hydrogens (tertiary/aromatic N) is 14. The third kappa shape index (κ3) is 51.7. The number of ketones is 7. The summed E-state index contributed by atoms with van der Waals surface area (Å²) in [4.78, 5) is 203. The average molecular weight is 2110 g/mol. The molecule has 0 saturated heterocycles. The Hall–Kier alpha value is -7.08. The zero-order valence-corrected chi connectivity index (χ0v) is 104. The van der Waals surface area contributed by atoms with Gasteiger partial charge in [0.15, 0.2) is 5.78 Å². The molecule has 0 unspecified atom stereocenters. The van der Waals surface area contributed by atoms with E-state index in [1.165, 1.54) is 0 Å². The van der Waals surface area contributed by atoms with Crippen LogP contribution in [0.25, 0.3) is 0 Å². The van der Waals surface area contributed by atoms with E-state index in [-0.39, 0.29) is 174 Å². The molecule has 6 fully saturated rings. The second-order valence-corrected chi connectivity index (χ2v) is 53.9. The number of carbonyl (C=O) groups is 14. The molecule has 150 heavy (non-hydrogen) atoms. The van der Waals surface area contributed by atoms with Crippen molar-refractivity contribution in [1.29, 1.82) is 0 Å². The van der Waals surface area contributed by atoms with Gasteiger partial charge in [-0.15, -0.1) is 0 Å². The number of amides is 7.